The van der Waals surface area contributed by atoms with E-state index in [0.717, 1.165) is 0 Å². The van der Waals surface area contributed by atoms with E-state index in [2.05, 4.69) is 20.2 Å². The molecule has 0 saturated heterocycles. The van der Waals surface area contributed by atoms with E-state index in [1.54, 1.807) is 0 Å². The largest absolute Gasteiger partial charge is 0.295 e. The first-order valence-corrected chi connectivity index (χ1v) is 3.79. The summed E-state index contributed by atoms with van der Waals surface area (Å²) in [6.07, 6.45) is 0. The molecule has 0 aliphatic rings. The van der Waals surface area contributed by atoms with Crippen molar-refractivity contribution in [2.45, 2.75) is 6.67 Å². The standard InChI is InChI=1S/C6H4ClFN4O/c7-6-9-3-2(1-8)11-12-4(3)5(13)10-6/h1H2,(H,11,12)(H,9,10,13). The van der Waals surface area contributed by atoms with E-state index in [4.69, 9.17) is 11.6 Å². The van der Waals surface area contributed by atoms with Gasteiger partial charge in [-0.2, -0.15) is 5.10 Å². The average molecular weight is 203 g/mol. The van der Waals surface area contributed by atoms with E-state index in [1.807, 2.05) is 0 Å². The van der Waals surface area contributed by atoms with Crippen molar-refractivity contribution < 1.29 is 4.39 Å². The predicted molar refractivity (Wildman–Crippen MR) is 44.3 cm³/mol. The highest BCUT2D eigenvalue weighted by Gasteiger charge is 2.10. The highest BCUT2D eigenvalue weighted by molar-refractivity contribution is 6.28. The Hall–Kier alpha value is -1.43. The van der Waals surface area contributed by atoms with Gasteiger partial charge in [0.2, 0.25) is 5.28 Å². The molecule has 0 amide bonds. The molecular weight excluding hydrogens is 199 g/mol. The van der Waals surface area contributed by atoms with Crippen LogP contribution in [0, 0.1) is 0 Å². The van der Waals surface area contributed by atoms with Crippen LogP contribution in [0.4, 0.5) is 4.39 Å². The lowest BCUT2D eigenvalue weighted by Gasteiger charge is -1.90. The van der Waals surface area contributed by atoms with Crippen molar-refractivity contribution in [1.82, 2.24) is 20.2 Å². The molecule has 0 radical (unpaired) electrons. The minimum absolute atomic E-state index is 0.0667. The van der Waals surface area contributed by atoms with Crippen LogP contribution in [-0.4, -0.2) is 20.2 Å². The molecule has 0 bridgehead atoms. The number of nitrogens with zero attached hydrogens (tertiary/aromatic N) is 2. The van der Waals surface area contributed by atoms with Crippen molar-refractivity contribution in [1.29, 1.82) is 0 Å². The van der Waals surface area contributed by atoms with Gasteiger partial charge in [-0.15, -0.1) is 0 Å². The maximum absolute atomic E-state index is 12.3. The topological polar surface area (TPSA) is 74.4 Å². The Bertz CT molecular complexity index is 505. The number of H-pyrrole nitrogens is 2. The molecule has 0 aliphatic carbocycles. The highest BCUT2D eigenvalue weighted by Crippen LogP contribution is 2.11. The number of rotatable bonds is 1. The summed E-state index contributed by atoms with van der Waals surface area (Å²) >= 11 is 5.48. The molecule has 2 aromatic rings. The van der Waals surface area contributed by atoms with Crippen LogP contribution in [0.1, 0.15) is 5.69 Å². The fourth-order valence-electron chi connectivity index (χ4n) is 1.02. The number of alkyl halides is 1. The molecule has 13 heavy (non-hydrogen) atoms. The first kappa shape index (κ1) is 8.18. The molecule has 5 nitrogen and oxygen atoms in total. The summed E-state index contributed by atoms with van der Waals surface area (Å²) in [5.41, 5.74) is -0.0812. The molecule has 0 spiro atoms. The van der Waals surface area contributed by atoms with Crippen molar-refractivity contribution in [3.8, 4) is 0 Å². The second kappa shape index (κ2) is 2.81. The summed E-state index contributed by atoms with van der Waals surface area (Å²) in [6, 6.07) is 0. The number of aromatic amines is 2. The molecule has 0 unspecified atom stereocenters. The Morgan fingerprint density at radius 2 is 2.23 bits per heavy atom. The molecule has 0 atom stereocenters. The van der Waals surface area contributed by atoms with Crippen LogP contribution in [-0.2, 0) is 6.67 Å². The van der Waals surface area contributed by atoms with E-state index < -0.39 is 12.2 Å². The zero-order chi connectivity index (χ0) is 9.42. The quantitative estimate of drug-likeness (QED) is 0.671. The molecule has 68 valence electrons. The maximum atomic E-state index is 12.3. The van der Waals surface area contributed by atoms with Gasteiger partial charge >= 0.3 is 0 Å². The van der Waals surface area contributed by atoms with E-state index >= 15 is 0 Å². The van der Waals surface area contributed by atoms with E-state index in [9.17, 15) is 9.18 Å². The molecule has 2 heterocycles. The molecule has 2 N–H and O–H groups in total. The van der Waals surface area contributed by atoms with Gasteiger partial charge in [0.25, 0.3) is 5.56 Å². The van der Waals surface area contributed by atoms with Gasteiger partial charge in [0.15, 0.2) is 5.52 Å². The molecular formula is C6H4ClFN4O. The zero-order valence-corrected chi connectivity index (χ0v) is 7.02. The lowest BCUT2D eigenvalue weighted by Crippen LogP contribution is -2.07. The minimum Gasteiger partial charge on any atom is -0.295 e. The minimum atomic E-state index is -0.761. The van der Waals surface area contributed by atoms with Crippen LogP contribution in [0.2, 0.25) is 5.28 Å². The van der Waals surface area contributed by atoms with Crippen LogP contribution in [0.3, 0.4) is 0 Å². The van der Waals surface area contributed by atoms with E-state index in [1.165, 1.54) is 0 Å². The third-order valence-electron chi connectivity index (χ3n) is 1.59. The molecule has 7 heteroatoms. The second-order valence-electron chi connectivity index (χ2n) is 2.39. The van der Waals surface area contributed by atoms with Crippen LogP contribution in [0.25, 0.3) is 11.0 Å². The number of aromatic nitrogens is 4. The molecule has 0 fully saturated rings. The van der Waals surface area contributed by atoms with E-state index in [0.29, 0.717) is 0 Å². The Kier molecular flexibility index (Phi) is 1.77. The summed E-state index contributed by atoms with van der Waals surface area (Å²) in [6.45, 7) is -0.761. The summed E-state index contributed by atoms with van der Waals surface area (Å²) in [7, 11) is 0. The van der Waals surface area contributed by atoms with Gasteiger partial charge in [0.05, 0.1) is 5.69 Å². The number of hydrogen-bond donors (Lipinski definition) is 2. The summed E-state index contributed by atoms with van der Waals surface area (Å²) < 4.78 is 12.3. The van der Waals surface area contributed by atoms with Crippen molar-refractivity contribution in [3.05, 3.63) is 21.3 Å². The highest BCUT2D eigenvalue weighted by atomic mass is 35.5. The second-order valence-corrected chi connectivity index (χ2v) is 2.75. The summed E-state index contributed by atoms with van der Waals surface area (Å²) in [5.74, 6) is 0. The lowest BCUT2D eigenvalue weighted by molar-refractivity contribution is 0.477. The van der Waals surface area contributed by atoms with Gasteiger partial charge < -0.3 is 0 Å². The Morgan fingerprint density at radius 3 is 2.92 bits per heavy atom. The smallest absolute Gasteiger partial charge is 0.280 e. The fourth-order valence-corrected chi connectivity index (χ4v) is 1.19. The van der Waals surface area contributed by atoms with Crippen LogP contribution >= 0.6 is 11.6 Å². The maximum Gasteiger partial charge on any atom is 0.280 e. The number of nitrogens with one attached hydrogen (secondary N) is 2. The monoisotopic (exact) mass is 202 g/mol. The Balaban J connectivity index is 2.90. The number of hydrogen-bond acceptors (Lipinski definition) is 3. The zero-order valence-electron chi connectivity index (χ0n) is 6.27. The predicted octanol–water partition coefficient (Wildman–Crippen LogP) is 0.769. The molecule has 0 aliphatic heterocycles. The molecule has 2 rings (SSSR count). The lowest BCUT2D eigenvalue weighted by atomic mass is 10.4. The van der Waals surface area contributed by atoms with Gasteiger partial charge in [-0.05, 0) is 11.6 Å². The molecule has 2 aromatic heterocycles. The Labute approximate surface area is 75.9 Å². The van der Waals surface area contributed by atoms with Crippen molar-refractivity contribution >= 4 is 22.6 Å². The third-order valence-corrected chi connectivity index (χ3v) is 1.77. The first-order valence-electron chi connectivity index (χ1n) is 3.41. The van der Waals surface area contributed by atoms with Crippen molar-refractivity contribution in [2.75, 3.05) is 0 Å². The SMILES string of the molecule is O=c1[nH]c(Cl)nc2c(CF)[nH]nc12. The van der Waals surface area contributed by atoms with Crippen molar-refractivity contribution in [2.24, 2.45) is 0 Å². The van der Waals surface area contributed by atoms with Gasteiger partial charge in [0, 0.05) is 0 Å². The normalized spacial score (nSPS) is 10.9. The third kappa shape index (κ3) is 1.19. The summed E-state index contributed by atoms with van der Waals surface area (Å²) in [4.78, 5) is 17.1. The summed E-state index contributed by atoms with van der Waals surface area (Å²) in [5, 5.41) is 5.89. The van der Waals surface area contributed by atoms with Crippen molar-refractivity contribution in [3.63, 3.8) is 0 Å². The molecule has 0 saturated carbocycles. The number of fused-ring (bicyclic) bond motifs is 1. The van der Waals surface area contributed by atoms with E-state index in [-0.39, 0.29) is 22.0 Å². The fraction of sp³-hybridized carbons (Fsp3) is 0.167. The molecule has 0 aromatic carbocycles. The van der Waals surface area contributed by atoms with Crippen LogP contribution < -0.4 is 5.56 Å². The van der Waals surface area contributed by atoms with Gasteiger partial charge in [-0.3, -0.25) is 14.9 Å². The van der Waals surface area contributed by atoms with Gasteiger partial charge in [-0.1, -0.05) is 0 Å². The number of halogens is 2. The van der Waals surface area contributed by atoms with Crippen LogP contribution in [0.5, 0.6) is 0 Å². The first-order chi connectivity index (χ1) is 6.22. The average Bonchev–Trinajstić information content (AvgIpc) is 2.47. The van der Waals surface area contributed by atoms with Crippen LogP contribution in [0.15, 0.2) is 4.79 Å². The Morgan fingerprint density at radius 1 is 1.46 bits per heavy atom. The van der Waals surface area contributed by atoms with Gasteiger partial charge in [0.1, 0.15) is 12.2 Å². The van der Waals surface area contributed by atoms with Gasteiger partial charge in [-0.25, -0.2) is 9.37 Å².